The molecule has 0 unspecified atom stereocenters. The number of aldehydes is 1. The first kappa shape index (κ1) is 82.6. The Morgan fingerprint density at radius 2 is 0.778 bits per heavy atom. The van der Waals surface area contributed by atoms with Gasteiger partial charge in [-0.15, -0.1) is 0 Å². The van der Waals surface area contributed by atoms with Crippen molar-refractivity contribution in [2.45, 2.75) is 111 Å². The summed E-state index contributed by atoms with van der Waals surface area (Å²) >= 11 is 2.27. The maximum absolute atomic E-state index is 10.9. The van der Waals surface area contributed by atoms with Gasteiger partial charge < -0.3 is 28.8 Å². The van der Waals surface area contributed by atoms with Crippen LogP contribution in [0.4, 0.5) is 0 Å². The van der Waals surface area contributed by atoms with Crippen molar-refractivity contribution in [3.63, 3.8) is 0 Å². The minimum atomic E-state index is -1.11. The van der Waals surface area contributed by atoms with E-state index in [-0.39, 0.29) is 66.2 Å². The van der Waals surface area contributed by atoms with Gasteiger partial charge in [-0.1, -0.05) is 58.9 Å². The molecule has 0 atom stereocenters. The van der Waals surface area contributed by atoms with Crippen LogP contribution >= 0.6 is 22.6 Å². The summed E-state index contributed by atoms with van der Waals surface area (Å²) in [7, 11) is -3.24. The van der Waals surface area contributed by atoms with E-state index in [2.05, 4.69) is 127 Å². The second kappa shape index (κ2) is 39.2. The molecule has 0 amide bonds. The maximum Gasteiger partial charge on any atom is 0 e. The van der Waals surface area contributed by atoms with Gasteiger partial charge in [-0.05, 0) is 188 Å². The standard InChI is InChI=1S/C24H26N4O3Si.C24H28N4O2Si.C15H22N2O2Si.C9H7IN2.3Al.B.12H/c1-32(2,3)13-12-30-17-28-24(10-11-26-28)18-4-6-20(7-5-18)31-21-8-9-22-23(14-21)25-15-19(16-29)27-22;1-18-16-25-23-15-21(9-10-22(23)27-18)30-20-7-5-19(6-8-20)24-11-12-26-28(24)17-29-13-14-31(2,3)4;1-20(2,3)11-10-19-12-17-15(8-9-16-17)13-4-6-14(18)7-5-13;1-6-5-11-9-4-7(10)2-3-8(9)12-6;;;;;;;;;;;;;;;;/h4-11,14-16H,12-13,17H2,1-3H3;5-12,15-16H,13-14,17H2,1-4H3;4-9,18H,10-12H2,1-3H3;2-5H,1H3;;;;;;;;;;;;;;;;/q;;;;;-2;-1;;;;;;;;;;;;;. The molecule has 0 aliphatic heterocycles. The van der Waals surface area contributed by atoms with Gasteiger partial charge in [-0.25, -0.2) is 29.0 Å². The van der Waals surface area contributed by atoms with Crippen molar-refractivity contribution in [2.75, 3.05) is 19.8 Å². The van der Waals surface area contributed by atoms with Crippen molar-refractivity contribution < 1.29 is 33.6 Å². The molecule has 12 rings (SSSR count). The topological polar surface area (TPSA) is 214 Å². The van der Waals surface area contributed by atoms with E-state index in [0.717, 1.165) is 117 Å². The molecule has 12 aromatic rings. The molecule has 3 radical (unpaired) electrons. The summed E-state index contributed by atoms with van der Waals surface area (Å²) in [6.45, 7) is 28.7. The van der Waals surface area contributed by atoms with E-state index in [1.54, 1.807) is 55.2 Å². The second-order valence-electron chi connectivity index (χ2n) is 26.4. The average molecular weight is 1540 g/mol. The van der Waals surface area contributed by atoms with Gasteiger partial charge in [0.1, 0.15) is 54.6 Å². The van der Waals surface area contributed by atoms with Gasteiger partial charge in [0.15, 0.2) is 23.6 Å². The van der Waals surface area contributed by atoms with Crippen LogP contribution in [0.25, 0.3) is 66.9 Å². The Balaban J connectivity index is 0.000000247. The van der Waals surface area contributed by atoms with Gasteiger partial charge >= 0.3 is 17.4 Å². The fourth-order valence-electron chi connectivity index (χ4n) is 9.27. The molecule has 1 N–H and O–H groups in total. The molecule has 6 aromatic carbocycles. The van der Waals surface area contributed by atoms with Crippen LogP contribution in [0.3, 0.4) is 0 Å². The predicted octanol–water partition coefficient (Wildman–Crippen LogP) is 12.7. The normalized spacial score (nSPS) is 11.1. The number of nitrogens with zero attached hydrogens (tertiary/aromatic N) is 12. The zero-order valence-electron chi connectivity index (χ0n) is 56.5. The predicted molar refractivity (Wildman–Crippen MR) is 433 cm³/mol. The van der Waals surface area contributed by atoms with E-state index in [1.807, 2.05) is 149 Å². The van der Waals surface area contributed by atoms with Gasteiger partial charge in [0.2, 0.25) is 0 Å². The van der Waals surface area contributed by atoms with E-state index in [0.29, 0.717) is 54.7 Å². The molecule has 0 saturated carbocycles. The number of benzene rings is 6. The number of rotatable bonds is 23. The summed E-state index contributed by atoms with van der Waals surface area (Å²) in [4.78, 5) is 36.9. The van der Waals surface area contributed by atoms with E-state index in [9.17, 15) is 9.90 Å². The number of carbonyl (C=O) groups is 1. The van der Waals surface area contributed by atoms with E-state index < -0.39 is 24.2 Å². The number of ether oxygens (including phenoxy) is 5. The largest absolute Gasteiger partial charge is 0 e. The molecule has 0 fully saturated rings. The molecule has 99 heavy (non-hydrogen) atoms. The third-order valence-electron chi connectivity index (χ3n) is 14.6. The zero-order valence-corrected chi connectivity index (χ0v) is 61.6. The summed E-state index contributed by atoms with van der Waals surface area (Å²) in [6, 6.07) is 49.6. The average Bonchev–Trinajstić information content (AvgIpc) is 1.22. The molecule has 27 heteroatoms. The number of fused-ring (bicyclic) bond motifs is 3. The van der Waals surface area contributed by atoms with Crippen molar-refractivity contribution in [1.29, 1.82) is 0 Å². The monoisotopic (exact) mass is 1540 g/mol. The third kappa shape index (κ3) is 26.5. The minimum Gasteiger partial charge on any atom is 0 e. The SMILES string of the molecule is C[Si](C)(C)CCOCn1nccc1-c1ccc(O)cc1.C[Si](C)(C)CCOCn1nccc1-c1ccc(Oc2ccc3nc(C=O)cnc3c2)cc1.Cc1cnc2cc(I)ccc2n1.Cc1cnc2cc(Oc3ccc(-c4ccnn4COCC[Si](C)(C)C)cc3)ccc2n1.[AlH3].[AlH4-].[AlH5-2].[B]. The van der Waals surface area contributed by atoms with E-state index in [1.165, 1.54) is 9.77 Å². The van der Waals surface area contributed by atoms with Gasteiger partial charge in [-0.2, -0.15) is 15.3 Å². The molecule has 0 aliphatic rings. The number of phenols is 1. The Bertz CT molecular complexity index is 4420. The van der Waals surface area contributed by atoms with Crippen molar-refractivity contribution >= 4 is 147 Å². The Hall–Kier alpha value is -7.04. The number of aromatic nitrogens is 12. The van der Waals surface area contributed by atoms with Gasteiger partial charge in [-0.3, -0.25) is 19.7 Å². The molecule has 0 saturated heterocycles. The van der Waals surface area contributed by atoms with Crippen LogP contribution in [0, 0.1) is 17.4 Å². The summed E-state index contributed by atoms with van der Waals surface area (Å²) in [5, 5.41) is 22.4. The van der Waals surface area contributed by atoms with Crippen LogP contribution in [-0.2, 0) is 34.4 Å². The Morgan fingerprint density at radius 3 is 1.15 bits per heavy atom. The number of aryl methyl sites for hydroxylation is 2. The first-order valence-corrected chi connectivity index (χ1v) is 43.7. The molecule has 519 valence electrons. The van der Waals surface area contributed by atoms with Crippen LogP contribution in [0.5, 0.6) is 28.7 Å². The first-order valence-electron chi connectivity index (χ1n) is 31.5. The van der Waals surface area contributed by atoms with Crippen LogP contribution in [0.2, 0.25) is 77.1 Å². The quantitative estimate of drug-likeness (QED) is 0.0273. The number of carbonyl (C=O) groups excluding carboxylic acids is 1. The number of halogens is 1. The third-order valence-corrected chi connectivity index (χ3v) is 20.4. The molecule has 19 nitrogen and oxygen atoms in total. The molecule has 0 bridgehead atoms. The van der Waals surface area contributed by atoms with E-state index >= 15 is 0 Å². The second-order valence-corrected chi connectivity index (χ2v) is 44.5. The fourth-order valence-corrected chi connectivity index (χ4v) is 12.0. The molecule has 0 aliphatic carbocycles. The van der Waals surface area contributed by atoms with Crippen LogP contribution in [-0.4, -0.2) is 175 Å². The minimum absolute atomic E-state index is 0. The summed E-state index contributed by atoms with van der Waals surface area (Å²) < 4.78 is 36.2. The molecular formula is C72H95Al3BIN12O7Si3-3. The summed E-state index contributed by atoms with van der Waals surface area (Å²) in [5.74, 6) is 3.13. The van der Waals surface area contributed by atoms with E-state index in [4.69, 9.17) is 23.7 Å². The smallest absolute Gasteiger partial charge is 0 e. The maximum atomic E-state index is 10.9. The van der Waals surface area contributed by atoms with Crippen LogP contribution < -0.4 is 9.47 Å². The van der Waals surface area contributed by atoms with Crippen molar-refractivity contribution in [3.8, 4) is 62.5 Å². The Kier molecular flexibility index (Phi) is 32.8. The summed E-state index contributed by atoms with van der Waals surface area (Å²) in [5.41, 5.74) is 13.3. The Labute approximate surface area is 631 Å². The van der Waals surface area contributed by atoms with Crippen molar-refractivity contribution in [3.05, 3.63) is 203 Å². The van der Waals surface area contributed by atoms with Crippen molar-refractivity contribution in [1.82, 2.24) is 59.2 Å². The zero-order chi connectivity index (χ0) is 67.5. The Morgan fingerprint density at radius 1 is 0.444 bits per heavy atom. The van der Waals surface area contributed by atoms with Crippen LogP contribution in [0.1, 0.15) is 21.9 Å². The molecule has 6 aromatic heterocycles. The number of aromatic hydroxyl groups is 1. The molecular weight excluding hydrogens is 1450 g/mol. The van der Waals surface area contributed by atoms with Gasteiger partial charge in [0.05, 0.1) is 67.8 Å². The first-order chi connectivity index (χ1) is 45.5. The molecule has 6 heterocycles. The van der Waals surface area contributed by atoms with Gasteiger partial charge in [0.25, 0.3) is 0 Å². The van der Waals surface area contributed by atoms with Crippen LogP contribution in [0.15, 0.2) is 183 Å². The number of phenolic OH excluding ortho intramolecular Hbond substituents is 1. The molecule has 0 spiro atoms. The fraction of sp³-hybridized carbons (Fsp3) is 0.278. The van der Waals surface area contributed by atoms with Crippen molar-refractivity contribution in [2.24, 2.45) is 0 Å². The van der Waals surface area contributed by atoms with Gasteiger partial charge in [0, 0.05) is 133 Å². The number of hydrogen-bond acceptors (Lipinski definition) is 16. The number of hydrogen-bond donors (Lipinski definition) is 1. The summed E-state index contributed by atoms with van der Waals surface area (Å²) in [6.07, 6.45) is 11.0.